The Morgan fingerprint density at radius 3 is 2.62 bits per heavy atom. The van der Waals surface area contributed by atoms with E-state index in [1.165, 1.54) is 24.4 Å². The van der Waals surface area contributed by atoms with Crippen molar-refractivity contribution in [3.8, 4) is 6.07 Å². The number of esters is 1. The van der Waals surface area contributed by atoms with E-state index in [0.717, 1.165) is 56.2 Å². The van der Waals surface area contributed by atoms with Crippen LogP contribution in [0.2, 0.25) is 0 Å². The molecule has 0 saturated heterocycles. The standard InChI is InChI=1S/C27H32N4O3/c1-27(2)12-10-18(11-13-27)22-14-20(17-4-6-19(7-5-17)26(33)34-3)8-9-23(22)31-25(32)24-29-16-21(15-28)30-24/h8-10,14,16-17,19H,4-7,11-13H2,1-3H3,(H,29,30)(H,31,32). The third-order valence-corrected chi connectivity index (χ3v) is 7.25. The summed E-state index contributed by atoms with van der Waals surface area (Å²) in [6, 6.07) is 8.23. The highest BCUT2D eigenvalue weighted by Gasteiger charge is 2.29. The van der Waals surface area contributed by atoms with Crippen molar-refractivity contribution in [2.45, 2.75) is 64.7 Å². The Balaban J connectivity index is 1.60. The molecule has 1 aromatic heterocycles. The van der Waals surface area contributed by atoms with Crippen molar-refractivity contribution in [1.82, 2.24) is 9.97 Å². The molecule has 2 aliphatic carbocycles. The topological polar surface area (TPSA) is 108 Å². The first-order valence-corrected chi connectivity index (χ1v) is 12.0. The van der Waals surface area contributed by atoms with E-state index in [0.29, 0.717) is 5.92 Å². The van der Waals surface area contributed by atoms with Crippen molar-refractivity contribution in [2.24, 2.45) is 11.3 Å². The Kier molecular flexibility index (Phi) is 6.87. The van der Waals surface area contributed by atoms with Gasteiger partial charge in [0, 0.05) is 11.3 Å². The summed E-state index contributed by atoms with van der Waals surface area (Å²) in [7, 11) is 1.46. The normalized spacial score (nSPS) is 21.8. The molecule has 2 aliphatic rings. The van der Waals surface area contributed by atoms with Gasteiger partial charge in [-0.2, -0.15) is 5.26 Å². The van der Waals surface area contributed by atoms with Gasteiger partial charge in [-0.25, -0.2) is 4.98 Å². The number of allylic oxidation sites excluding steroid dienone is 2. The number of ether oxygens (including phenoxy) is 1. The van der Waals surface area contributed by atoms with Crippen LogP contribution >= 0.6 is 0 Å². The molecule has 2 aromatic rings. The van der Waals surface area contributed by atoms with E-state index in [4.69, 9.17) is 10.00 Å². The van der Waals surface area contributed by atoms with Crippen molar-refractivity contribution >= 4 is 23.1 Å². The molecule has 1 saturated carbocycles. The zero-order chi connectivity index (χ0) is 24.3. The summed E-state index contributed by atoms with van der Waals surface area (Å²) in [4.78, 5) is 31.5. The van der Waals surface area contributed by atoms with Crippen molar-refractivity contribution in [2.75, 3.05) is 12.4 Å². The fourth-order valence-corrected chi connectivity index (χ4v) is 5.02. The average Bonchev–Trinajstić information content (AvgIpc) is 3.34. The third kappa shape index (κ3) is 5.22. The number of carbonyl (C=O) groups is 2. The Morgan fingerprint density at radius 2 is 2.00 bits per heavy atom. The van der Waals surface area contributed by atoms with Gasteiger partial charge in [0.1, 0.15) is 11.8 Å². The summed E-state index contributed by atoms with van der Waals surface area (Å²) in [6.45, 7) is 4.56. The highest BCUT2D eigenvalue weighted by atomic mass is 16.5. The van der Waals surface area contributed by atoms with Crippen LogP contribution in [0, 0.1) is 22.7 Å². The Labute approximate surface area is 200 Å². The fraction of sp³-hybridized carbons (Fsp3) is 0.481. The largest absolute Gasteiger partial charge is 0.469 e. The van der Waals surface area contributed by atoms with E-state index in [1.807, 2.05) is 12.1 Å². The van der Waals surface area contributed by atoms with Crippen LogP contribution in [-0.2, 0) is 9.53 Å². The molecular formula is C27H32N4O3. The minimum Gasteiger partial charge on any atom is -0.469 e. The van der Waals surface area contributed by atoms with Crippen LogP contribution in [0.25, 0.3) is 5.57 Å². The number of nitrogens with one attached hydrogen (secondary N) is 2. The molecule has 1 aromatic carbocycles. The molecule has 0 aliphatic heterocycles. The van der Waals surface area contributed by atoms with Gasteiger partial charge in [-0.1, -0.05) is 26.0 Å². The number of H-pyrrole nitrogens is 1. The second kappa shape index (κ2) is 9.84. The van der Waals surface area contributed by atoms with Gasteiger partial charge in [0.15, 0.2) is 5.82 Å². The van der Waals surface area contributed by atoms with Crippen molar-refractivity contribution in [3.05, 3.63) is 53.1 Å². The molecule has 0 atom stereocenters. The smallest absolute Gasteiger partial charge is 0.308 e. The number of carbonyl (C=O) groups excluding carboxylic acids is 2. The van der Waals surface area contributed by atoms with E-state index in [1.54, 1.807) is 0 Å². The number of nitriles is 1. The number of rotatable bonds is 5. The molecule has 0 unspecified atom stereocenters. The maximum Gasteiger partial charge on any atom is 0.308 e. The predicted molar refractivity (Wildman–Crippen MR) is 130 cm³/mol. The predicted octanol–water partition coefficient (Wildman–Crippen LogP) is 5.57. The van der Waals surface area contributed by atoms with E-state index in [2.05, 4.69) is 47.3 Å². The number of imidazole rings is 1. The number of hydrogen-bond donors (Lipinski definition) is 2. The van der Waals surface area contributed by atoms with E-state index in [-0.39, 0.29) is 34.7 Å². The number of anilines is 1. The molecule has 2 N–H and O–H groups in total. The lowest BCUT2D eigenvalue weighted by Crippen LogP contribution is -2.22. The van der Waals surface area contributed by atoms with Gasteiger partial charge in [-0.05, 0) is 79.5 Å². The molecule has 4 rings (SSSR count). The van der Waals surface area contributed by atoms with Crippen molar-refractivity contribution in [1.29, 1.82) is 5.26 Å². The van der Waals surface area contributed by atoms with Crippen LogP contribution in [0.3, 0.4) is 0 Å². The molecule has 34 heavy (non-hydrogen) atoms. The molecule has 178 valence electrons. The fourth-order valence-electron chi connectivity index (χ4n) is 5.02. The first-order valence-electron chi connectivity index (χ1n) is 12.0. The van der Waals surface area contributed by atoms with Gasteiger partial charge in [-0.3, -0.25) is 9.59 Å². The van der Waals surface area contributed by atoms with E-state index in [9.17, 15) is 9.59 Å². The van der Waals surface area contributed by atoms with Gasteiger partial charge in [0.05, 0.1) is 19.2 Å². The van der Waals surface area contributed by atoms with Crippen molar-refractivity contribution in [3.63, 3.8) is 0 Å². The number of amides is 1. The molecule has 0 radical (unpaired) electrons. The van der Waals surface area contributed by atoms with Gasteiger partial charge < -0.3 is 15.0 Å². The number of benzene rings is 1. The molecule has 0 bridgehead atoms. The van der Waals surface area contributed by atoms with Crippen LogP contribution in [0.1, 0.15) is 92.2 Å². The average molecular weight is 461 g/mol. The Morgan fingerprint density at radius 1 is 1.24 bits per heavy atom. The lowest BCUT2D eigenvalue weighted by Gasteiger charge is -2.31. The molecule has 7 nitrogen and oxygen atoms in total. The van der Waals surface area contributed by atoms with Crippen LogP contribution in [0.4, 0.5) is 5.69 Å². The highest BCUT2D eigenvalue weighted by molar-refractivity contribution is 6.03. The van der Waals surface area contributed by atoms with Crippen LogP contribution in [0.5, 0.6) is 0 Å². The highest BCUT2D eigenvalue weighted by Crippen LogP contribution is 2.42. The zero-order valence-corrected chi connectivity index (χ0v) is 20.1. The van der Waals surface area contributed by atoms with Crippen LogP contribution < -0.4 is 5.32 Å². The van der Waals surface area contributed by atoms with Crippen LogP contribution in [0.15, 0.2) is 30.5 Å². The summed E-state index contributed by atoms with van der Waals surface area (Å²) in [5.74, 6) is 0.0180. The summed E-state index contributed by atoms with van der Waals surface area (Å²) < 4.78 is 4.93. The quantitative estimate of drug-likeness (QED) is 0.567. The van der Waals surface area contributed by atoms with Gasteiger partial charge in [0.25, 0.3) is 5.91 Å². The molecule has 0 spiro atoms. The second-order valence-electron chi connectivity index (χ2n) is 10.2. The molecule has 1 amide bonds. The maximum absolute atomic E-state index is 12.8. The Hall–Kier alpha value is -3.40. The van der Waals surface area contributed by atoms with Crippen LogP contribution in [-0.4, -0.2) is 29.0 Å². The minimum atomic E-state index is -0.370. The molecule has 1 heterocycles. The summed E-state index contributed by atoms with van der Waals surface area (Å²) in [5.41, 5.74) is 4.81. The zero-order valence-electron chi connectivity index (χ0n) is 20.1. The number of aromatic nitrogens is 2. The SMILES string of the molecule is COC(=O)C1CCC(c2ccc(NC(=O)c3ncc(C#N)[nH]3)c(C3=CCC(C)(C)CC3)c2)CC1. The summed E-state index contributed by atoms with van der Waals surface area (Å²) >= 11 is 0. The summed E-state index contributed by atoms with van der Waals surface area (Å²) in [6.07, 6.45) is 10.2. The Bertz CT molecular complexity index is 1150. The van der Waals surface area contributed by atoms with Crippen molar-refractivity contribution < 1.29 is 14.3 Å². The lowest BCUT2D eigenvalue weighted by molar-refractivity contribution is -0.146. The minimum absolute atomic E-state index is 0.00540. The summed E-state index contributed by atoms with van der Waals surface area (Å²) in [5, 5.41) is 12.0. The van der Waals surface area contributed by atoms with E-state index < -0.39 is 0 Å². The maximum atomic E-state index is 12.8. The monoisotopic (exact) mass is 460 g/mol. The number of methoxy groups -OCH3 is 1. The van der Waals surface area contributed by atoms with E-state index >= 15 is 0 Å². The van der Waals surface area contributed by atoms with Gasteiger partial charge in [0.2, 0.25) is 0 Å². The van der Waals surface area contributed by atoms with Gasteiger partial charge in [-0.15, -0.1) is 0 Å². The van der Waals surface area contributed by atoms with Gasteiger partial charge >= 0.3 is 5.97 Å². The molecular weight excluding hydrogens is 428 g/mol. The third-order valence-electron chi connectivity index (χ3n) is 7.25. The second-order valence-corrected chi connectivity index (χ2v) is 10.2. The lowest BCUT2D eigenvalue weighted by atomic mass is 9.75. The molecule has 7 heteroatoms. The number of aromatic amines is 1. The molecule has 1 fully saturated rings. The first-order chi connectivity index (χ1) is 16.3. The number of nitrogens with zero attached hydrogens (tertiary/aromatic N) is 2. The number of hydrogen-bond acceptors (Lipinski definition) is 5. The first kappa shape index (κ1) is 23.7.